The fraction of sp³-hybridized carbons (Fsp3) is 0.500. The fourth-order valence-corrected chi connectivity index (χ4v) is 1.83. The highest BCUT2D eigenvalue weighted by atomic mass is 16.5. The molecule has 0 atom stereocenters. The highest BCUT2D eigenvalue weighted by Gasteiger charge is 2.23. The van der Waals surface area contributed by atoms with Crippen molar-refractivity contribution in [1.82, 2.24) is 4.90 Å². The number of carbonyl (C=O) groups excluding carboxylic acids is 1. The Labute approximate surface area is 133 Å². The normalized spacial score (nSPS) is 11.5. The van der Waals surface area contributed by atoms with Crippen molar-refractivity contribution in [3.05, 3.63) is 41.6 Å². The first-order valence-corrected chi connectivity index (χ1v) is 7.40. The summed E-state index contributed by atoms with van der Waals surface area (Å²) in [5, 5.41) is 0. The first-order chi connectivity index (χ1) is 10.2. The van der Waals surface area contributed by atoms with E-state index in [1.165, 1.54) is 0 Å². The van der Waals surface area contributed by atoms with E-state index in [2.05, 4.69) is 6.08 Å². The van der Waals surface area contributed by atoms with Crippen LogP contribution in [0.15, 0.2) is 30.5 Å². The lowest BCUT2D eigenvalue weighted by atomic mass is 9.97. The average molecular weight is 305 g/mol. The Hall–Kier alpha value is -1.97. The maximum absolute atomic E-state index is 11.9. The molecule has 0 bridgehead atoms. The van der Waals surface area contributed by atoms with Gasteiger partial charge in [-0.1, -0.05) is 12.1 Å². The first-order valence-electron chi connectivity index (χ1n) is 7.40. The van der Waals surface area contributed by atoms with Crippen LogP contribution in [0.1, 0.15) is 31.9 Å². The van der Waals surface area contributed by atoms with Crippen molar-refractivity contribution >= 4 is 5.97 Å². The van der Waals surface area contributed by atoms with Crippen molar-refractivity contribution in [2.45, 2.75) is 33.8 Å². The van der Waals surface area contributed by atoms with Crippen LogP contribution in [0.25, 0.3) is 0 Å². The molecule has 0 aromatic heterocycles. The SMILES string of the molecule is COc1ccc(C/C=C/N(C)C)cc1COC(=O)C(C)(C)C. The van der Waals surface area contributed by atoms with E-state index in [1.54, 1.807) is 7.11 Å². The average Bonchev–Trinajstić information content (AvgIpc) is 2.43. The van der Waals surface area contributed by atoms with Gasteiger partial charge in [-0.25, -0.2) is 0 Å². The van der Waals surface area contributed by atoms with Crippen LogP contribution in [0.5, 0.6) is 5.75 Å². The number of benzene rings is 1. The van der Waals surface area contributed by atoms with Crippen LogP contribution in [-0.4, -0.2) is 32.1 Å². The fourth-order valence-electron chi connectivity index (χ4n) is 1.83. The molecule has 1 aromatic carbocycles. The third kappa shape index (κ3) is 5.80. The summed E-state index contributed by atoms with van der Waals surface area (Å²) in [6.45, 7) is 5.75. The van der Waals surface area contributed by atoms with Crippen LogP contribution in [-0.2, 0) is 22.6 Å². The molecular weight excluding hydrogens is 278 g/mol. The second-order valence-electron chi connectivity index (χ2n) is 6.52. The zero-order valence-electron chi connectivity index (χ0n) is 14.5. The van der Waals surface area contributed by atoms with Gasteiger partial charge in [-0.2, -0.15) is 0 Å². The van der Waals surface area contributed by atoms with E-state index in [-0.39, 0.29) is 12.6 Å². The van der Waals surface area contributed by atoms with Gasteiger partial charge in [0, 0.05) is 19.7 Å². The molecule has 0 amide bonds. The predicted molar refractivity (Wildman–Crippen MR) is 88.8 cm³/mol. The zero-order valence-corrected chi connectivity index (χ0v) is 14.5. The molecule has 0 fully saturated rings. The quantitative estimate of drug-likeness (QED) is 0.755. The number of rotatable bonds is 6. The zero-order chi connectivity index (χ0) is 16.8. The van der Waals surface area contributed by atoms with E-state index in [0.717, 1.165) is 23.3 Å². The second-order valence-corrected chi connectivity index (χ2v) is 6.52. The number of allylic oxidation sites excluding steroid dienone is 1. The van der Waals surface area contributed by atoms with E-state index in [1.807, 2.05) is 64.2 Å². The summed E-state index contributed by atoms with van der Waals surface area (Å²) in [6.07, 6.45) is 4.93. The van der Waals surface area contributed by atoms with Crippen LogP contribution >= 0.6 is 0 Å². The van der Waals surface area contributed by atoms with E-state index >= 15 is 0 Å². The lowest BCUT2D eigenvalue weighted by Crippen LogP contribution is -2.22. The van der Waals surface area contributed by atoms with Gasteiger partial charge < -0.3 is 14.4 Å². The molecule has 1 aromatic rings. The molecule has 0 aliphatic carbocycles. The van der Waals surface area contributed by atoms with E-state index < -0.39 is 5.41 Å². The number of esters is 1. The minimum absolute atomic E-state index is 0.215. The van der Waals surface area contributed by atoms with Crippen molar-refractivity contribution < 1.29 is 14.3 Å². The first kappa shape index (κ1) is 18.1. The molecule has 4 heteroatoms. The molecule has 0 saturated carbocycles. The molecule has 22 heavy (non-hydrogen) atoms. The van der Waals surface area contributed by atoms with E-state index in [9.17, 15) is 4.79 Å². The van der Waals surface area contributed by atoms with Gasteiger partial charge in [-0.3, -0.25) is 4.79 Å². The molecule has 122 valence electrons. The third-order valence-corrected chi connectivity index (χ3v) is 3.07. The Balaban J connectivity index is 2.81. The van der Waals surface area contributed by atoms with Crippen LogP contribution in [0.4, 0.5) is 0 Å². The minimum Gasteiger partial charge on any atom is -0.496 e. The molecule has 1 rings (SSSR count). The lowest BCUT2D eigenvalue weighted by Gasteiger charge is -2.17. The highest BCUT2D eigenvalue weighted by Crippen LogP contribution is 2.23. The Kier molecular flexibility index (Phi) is 6.47. The van der Waals surface area contributed by atoms with Gasteiger partial charge in [0.15, 0.2) is 0 Å². The predicted octanol–water partition coefficient (Wildman–Crippen LogP) is 3.40. The maximum Gasteiger partial charge on any atom is 0.311 e. The number of nitrogens with zero attached hydrogens (tertiary/aromatic N) is 1. The largest absolute Gasteiger partial charge is 0.496 e. The topological polar surface area (TPSA) is 38.8 Å². The van der Waals surface area contributed by atoms with Gasteiger partial charge >= 0.3 is 5.97 Å². The molecule has 0 heterocycles. The molecular formula is C18H27NO3. The monoisotopic (exact) mass is 305 g/mol. The molecule has 0 spiro atoms. The van der Waals surface area contributed by atoms with Crippen LogP contribution in [0.2, 0.25) is 0 Å². The minimum atomic E-state index is -0.501. The number of hydrogen-bond acceptors (Lipinski definition) is 4. The van der Waals surface area contributed by atoms with Gasteiger partial charge in [-0.05, 0) is 51.1 Å². The molecule has 0 aliphatic heterocycles. The smallest absolute Gasteiger partial charge is 0.311 e. The van der Waals surface area contributed by atoms with Crippen LogP contribution in [0.3, 0.4) is 0 Å². The van der Waals surface area contributed by atoms with Crippen molar-refractivity contribution in [2.24, 2.45) is 5.41 Å². The molecule has 0 aliphatic rings. The summed E-state index contributed by atoms with van der Waals surface area (Å²) in [5.74, 6) is 0.523. The van der Waals surface area contributed by atoms with Gasteiger partial charge in [0.05, 0.1) is 12.5 Å². The van der Waals surface area contributed by atoms with Crippen LogP contribution in [0, 0.1) is 5.41 Å². The summed E-state index contributed by atoms with van der Waals surface area (Å²) in [4.78, 5) is 13.9. The summed E-state index contributed by atoms with van der Waals surface area (Å²) in [6, 6.07) is 5.96. The third-order valence-electron chi connectivity index (χ3n) is 3.07. The highest BCUT2D eigenvalue weighted by molar-refractivity contribution is 5.75. The van der Waals surface area contributed by atoms with Crippen molar-refractivity contribution in [2.75, 3.05) is 21.2 Å². The van der Waals surface area contributed by atoms with Gasteiger partial charge in [0.1, 0.15) is 12.4 Å². The number of hydrogen-bond donors (Lipinski definition) is 0. The van der Waals surface area contributed by atoms with E-state index in [0.29, 0.717) is 0 Å². The number of ether oxygens (including phenoxy) is 2. The van der Waals surface area contributed by atoms with Crippen molar-refractivity contribution in [3.8, 4) is 5.75 Å². The molecule has 0 saturated heterocycles. The molecule has 0 unspecified atom stereocenters. The second kappa shape index (κ2) is 7.87. The summed E-state index contributed by atoms with van der Waals surface area (Å²) in [7, 11) is 5.60. The standard InChI is InChI=1S/C18H27NO3/c1-18(2,3)17(20)22-13-15-12-14(8-7-11-19(4)5)9-10-16(15)21-6/h7,9-12H,8,13H2,1-6H3/b11-7+. The number of carbonyl (C=O) groups is 1. The Morgan fingerprint density at radius 2 is 1.95 bits per heavy atom. The van der Waals surface area contributed by atoms with Gasteiger partial charge in [-0.15, -0.1) is 0 Å². The van der Waals surface area contributed by atoms with Crippen molar-refractivity contribution in [3.63, 3.8) is 0 Å². The Morgan fingerprint density at radius 3 is 2.50 bits per heavy atom. The summed E-state index contributed by atoms with van der Waals surface area (Å²) in [5.41, 5.74) is 1.54. The Morgan fingerprint density at radius 1 is 1.27 bits per heavy atom. The Bertz CT molecular complexity index is 528. The van der Waals surface area contributed by atoms with E-state index in [4.69, 9.17) is 9.47 Å². The molecule has 4 nitrogen and oxygen atoms in total. The molecule has 0 N–H and O–H groups in total. The maximum atomic E-state index is 11.9. The van der Waals surface area contributed by atoms with Gasteiger partial charge in [0.2, 0.25) is 0 Å². The lowest BCUT2D eigenvalue weighted by molar-refractivity contribution is -0.154. The van der Waals surface area contributed by atoms with Crippen LogP contribution < -0.4 is 4.74 Å². The number of methoxy groups -OCH3 is 1. The van der Waals surface area contributed by atoms with Gasteiger partial charge in [0.25, 0.3) is 0 Å². The summed E-state index contributed by atoms with van der Waals surface area (Å²) < 4.78 is 10.7. The van der Waals surface area contributed by atoms with Crippen molar-refractivity contribution in [1.29, 1.82) is 0 Å². The molecule has 0 radical (unpaired) electrons. The summed E-state index contributed by atoms with van der Waals surface area (Å²) >= 11 is 0.